The van der Waals surface area contributed by atoms with E-state index in [0.717, 1.165) is 16.0 Å². The predicted octanol–water partition coefficient (Wildman–Crippen LogP) is 4.10. The van der Waals surface area contributed by atoms with Crippen molar-refractivity contribution < 1.29 is 42.9 Å². The Bertz CT molecular complexity index is 1160. The highest BCUT2D eigenvalue weighted by Crippen LogP contribution is 2.38. The van der Waals surface area contributed by atoms with Crippen molar-refractivity contribution in [3.8, 4) is 0 Å². The largest absolute Gasteiger partial charge is 0.463 e. The molecule has 1 aliphatic heterocycles. The number of ether oxygens (including phenoxy) is 5. The van der Waals surface area contributed by atoms with Crippen LogP contribution in [0.15, 0.2) is 30.3 Å². The fourth-order valence-electron chi connectivity index (χ4n) is 4.19. The van der Waals surface area contributed by atoms with E-state index in [4.69, 9.17) is 35.3 Å². The van der Waals surface area contributed by atoms with Gasteiger partial charge < -0.3 is 23.7 Å². The molecular weight excluding hydrogens is 524 g/mol. The standard InChI is InChI=1S/C26H29ClO9S/c1-13-6-7-18(10-19(13)11-20-8-9-22(27)37-20)23-25(34-16(4)30)26(35-17(5)31)24(33-15(3)29)21(36-23)12-32-14(2)28/h6-10,21,23-26H,11-12H2,1-5H3/t21-,23+,24-,25-,26+/m1/s1. The summed E-state index contributed by atoms with van der Waals surface area (Å²) in [7, 11) is 0. The first-order valence-corrected chi connectivity index (χ1v) is 12.8. The number of carbonyl (C=O) groups excluding carboxylic acids is 4. The Labute approximate surface area is 223 Å². The Kier molecular flexibility index (Phi) is 9.69. The maximum Gasteiger partial charge on any atom is 0.303 e. The minimum atomic E-state index is -1.22. The van der Waals surface area contributed by atoms with E-state index in [1.54, 1.807) is 0 Å². The molecule has 0 aliphatic carbocycles. The third-order valence-corrected chi connectivity index (χ3v) is 6.92. The van der Waals surface area contributed by atoms with E-state index in [1.165, 1.54) is 39.0 Å². The summed E-state index contributed by atoms with van der Waals surface area (Å²) < 4.78 is 28.7. The first-order valence-electron chi connectivity index (χ1n) is 11.6. The molecule has 0 amide bonds. The summed E-state index contributed by atoms with van der Waals surface area (Å²) in [5.74, 6) is -2.56. The molecule has 200 valence electrons. The molecule has 1 fully saturated rings. The molecule has 1 saturated heterocycles. The van der Waals surface area contributed by atoms with E-state index in [0.29, 0.717) is 16.3 Å². The van der Waals surface area contributed by atoms with Crippen LogP contribution in [-0.4, -0.2) is 54.9 Å². The Morgan fingerprint density at radius 3 is 2.05 bits per heavy atom. The highest BCUT2D eigenvalue weighted by molar-refractivity contribution is 7.16. The number of carbonyl (C=O) groups is 4. The molecule has 1 aromatic heterocycles. The molecule has 0 radical (unpaired) electrons. The lowest BCUT2D eigenvalue weighted by Crippen LogP contribution is -2.59. The summed E-state index contributed by atoms with van der Waals surface area (Å²) in [6.07, 6.45) is -4.87. The number of rotatable bonds is 8. The van der Waals surface area contributed by atoms with E-state index < -0.39 is 54.4 Å². The van der Waals surface area contributed by atoms with Crippen LogP contribution in [0.25, 0.3) is 0 Å². The molecule has 37 heavy (non-hydrogen) atoms. The third-order valence-electron chi connectivity index (χ3n) is 5.69. The van der Waals surface area contributed by atoms with Crippen molar-refractivity contribution >= 4 is 46.8 Å². The second-order valence-electron chi connectivity index (χ2n) is 8.69. The van der Waals surface area contributed by atoms with Gasteiger partial charge in [0.15, 0.2) is 18.3 Å². The van der Waals surface area contributed by atoms with Crippen LogP contribution in [0.3, 0.4) is 0 Å². The molecule has 0 bridgehead atoms. The molecule has 9 nitrogen and oxygen atoms in total. The number of hydrogen-bond acceptors (Lipinski definition) is 10. The van der Waals surface area contributed by atoms with Gasteiger partial charge in [-0.25, -0.2) is 0 Å². The SMILES string of the molecule is CC(=O)OC[C@H]1O[C@@H](c2ccc(C)c(Cc3ccc(Cl)s3)c2)[C@@H](OC(C)=O)[C@@H](OC(C)=O)[C@@H]1OC(C)=O. The topological polar surface area (TPSA) is 114 Å². The molecule has 1 aliphatic rings. The molecule has 11 heteroatoms. The van der Waals surface area contributed by atoms with Gasteiger partial charge in [-0.1, -0.05) is 29.8 Å². The zero-order valence-corrected chi connectivity index (χ0v) is 22.7. The highest BCUT2D eigenvalue weighted by Gasteiger charge is 2.52. The number of thiophene rings is 1. The first kappa shape index (κ1) is 28.6. The molecule has 2 heterocycles. The van der Waals surface area contributed by atoms with Gasteiger partial charge in [-0.05, 0) is 35.7 Å². The minimum absolute atomic E-state index is 0.277. The molecule has 0 spiro atoms. The Balaban J connectivity index is 2.06. The quantitative estimate of drug-likeness (QED) is 0.352. The zero-order chi connectivity index (χ0) is 27.3. The van der Waals surface area contributed by atoms with Gasteiger partial charge in [-0.3, -0.25) is 19.2 Å². The summed E-state index contributed by atoms with van der Waals surface area (Å²) in [4.78, 5) is 48.7. The second kappa shape index (κ2) is 12.5. The first-order chi connectivity index (χ1) is 17.4. The van der Waals surface area contributed by atoms with Gasteiger partial charge in [0, 0.05) is 39.0 Å². The van der Waals surface area contributed by atoms with Crippen LogP contribution in [0.2, 0.25) is 4.34 Å². The fourth-order valence-corrected chi connectivity index (χ4v) is 5.30. The van der Waals surface area contributed by atoms with Gasteiger partial charge in [0.2, 0.25) is 0 Å². The highest BCUT2D eigenvalue weighted by atomic mass is 35.5. The van der Waals surface area contributed by atoms with Crippen molar-refractivity contribution in [3.05, 3.63) is 56.2 Å². The van der Waals surface area contributed by atoms with Crippen molar-refractivity contribution in [3.63, 3.8) is 0 Å². The Morgan fingerprint density at radius 2 is 1.49 bits per heavy atom. The monoisotopic (exact) mass is 552 g/mol. The number of halogens is 1. The number of hydrogen-bond donors (Lipinski definition) is 0. The molecule has 0 N–H and O–H groups in total. The van der Waals surface area contributed by atoms with Crippen LogP contribution in [0, 0.1) is 6.92 Å². The van der Waals surface area contributed by atoms with Gasteiger partial charge in [0.1, 0.15) is 18.8 Å². The Morgan fingerprint density at radius 1 is 0.865 bits per heavy atom. The van der Waals surface area contributed by atoms with Gasteiger partial charge in [-0.2, -0.15) is 0 Å². The van der Waals surface area contributed by atoms with Crippen molar-refractivity contribution in [1.29, 1.82) is 0 Å². The number of aryl methyl sites for hydroxylation is 1. The van der Waals surface area contributed by atoms with Crippen LogP contribution in [0.1, 0.15) is 55.4 Å². The van der Waals surface area contributed by atoms with Crippen LogP contribution < -0.4 is 0 Å². The maximum atomic E-state index is 12.1. The normalized spacial score (nSPS) is 23.1. The molecule has 1 aromatic carbocycles. The number of benzene rings is 1. The fraction of sp³-hybridized carbons (Fsp3) is 0.462. The van der Waals surface area contributed by atoms with Crippen molar-refractivity contribution in [2.75, 3.05) is 6.61 Å². The lowest BCUT2D eigenvalue weighted by Gasteiger charge is -2.44. The minimum Gasteiger partial charge on any atom is -0.463 e. The number of esters is 4. The van der Waals surface area contributed by atoms with Crippen LogP contribution in [0.4, 0.5) is 0 Å². The predicted molar refractivity (Wildman–Crippen MR) is 134 cm³/mol. The van der Waals surface area contributed by atoms with Gasteiger partial charge >= 0.3 is 23.9 Å². The van der Waals surface area contributed by atoms with Gasteiger partial charge in [0.05, 0.1) is 4.34 Å². The Hall–Kier alpha value is -2.95. The summed E-state index contributed by atoms with van der Waals surface area (Å²) in [6, 6.07) is 9.44. The van der Waals surface area contributed by atoms with Crippen molar-refractivity contribution in [2.24, 2.45) is 0 Å². The molecule has 3 rings (SSSR count). The lowest BCUT2D eigenvalue weighted by molar-refractivity contribution is -0.254. The molecular formula is C26H29ClO9S. The van der Waals surface area contributed by atoms with E-state index in [1.807, 2.05) is 37.3 Å². The maximum absolute atomic E-state index is 12.1. The van der Waals surface area contributed by atoms with Crippen LogP contribution in [0.5, 0.6) is 0 Å². The summed E-state index contributed by atoms with van der Waals surface area (Å²) in [5, 5.41) is 0. The van der Waals surface area contributed by atoms with Gasteiger partial charge in [-0.15, -0.1) is 11.3 Å². The average Bonchev–Trinajstić information content (AvgIpc) is 3.20. The molecule has 5 atom stereocenters. The van der Waals surface area contributed by atoms with Crippen molar-refractivity contribution in [2.45, 2.75) is 71.6 Å². The summed E-state index contributed by atoms with van der Waals surface area (Å²) >= 11 is 7.57. The molecule has 0 saturated carbocycles. The van der Waals surface area contributed by atoms with Crippen LogP contribution in [-0.2, 0) is 49.3 Å². The van der Waals surface area contributed by atoms with E-state index >= 15 is 0 Å². The van der Waals surface area contributed by atoms with E-state index in [-0.39, 0.29) is 6.61 Å². The molecule has 2 aromatic rings. The smallest absolute Gasteiger partial charge is 0.303 e. The summed E-state index contributed by atoms with van der Waals surface area (Å²) in [6.45, 7) is 6.52. The average molecular weight is 553 g/mol. The van der Waals surface area contributed by atoms with Crippen LogP contribution >= 0.6 is 22.9 Å². The molecule has 0 unspecified atom stereocenters. The van der Waals surface area contributed by atoms with E-state index in [2.05, 4.69) is 0 Å². The second-order valence-corrected chi connectivity index (χ2v) is 10.5. The summed E-state index contributed by atoms with van der Waals surface area (Å²) in [5.41, 5.74) is 2.66. The van der Waals surface area contributed by atoms with Crippen molar-refractivity contribution in [1.82, 2.24) is 0 Å². The lowest BCUT2D eigenvalue weighted by atomic mass is 9.88. The third kappa shape index (κ3) is 7.77. The zero-order valence-electron chi connectivity index (χ0n) is 21.1. The van der Waals surface area contributed by atoms with Gasteiger partial charge in [0.25, 0.3) is 0 Å². The van der Waals surface area contributed by atoms with E-state index in [9.17, 15) is 19.2 Å².